The molecule has 1 aromatic carbocycles. The second-order valence-electron chi connectivity index (χ2n) is 9.85. The predicted molar refractivity (Wildman–Crippen MR) is 158 cm³/mol. The summed E-state index contributed by atoms with van der Waals surface area (Å²) in [7, 11) is 4.71. The number of carbonyl (C=O) groups is 5. The standard InChI is InChI=1S/C28H29NO9S3/c1-12-10-13(2)18-15(11-12)16-22(27(4,5)29(18)14(3)30)39-19(24(32)36-7)17(23(31)35-6)28(16)40-20(25(33)37-8)21(41-28)26(34)38-9/h10-11H,1-9H3. The summed E-state index contributed by atoms with van der Waals surface area (Å²) in [5.74, 6) is -3.53. The normalized spacial score (nSPS) is 18.6. The summed E-state index contributed by atoms with van der Waals surface area (Å²) in [6, 6.07) is 3.83. The summed E-state index contributed by atoms with van der Waals surface area (Å²) in [6.45, 7) is 8.92. The Hall–Kier alpha value is -3.16. The van der Waals surface area contributed by atoms with Crippen molar-refractivity contribution in [3.05, 3.63) is 54.0 Å². The Labute approximate surface area is 250 Å². The first-order chi connectivity index (χ1) is 19.2. The minimum absolute atomic E-state index is 0.0853. The molecule has 13 heteroatoms. The lowest BCUT2D eigenvalue weighted by Crippen LogP contribution is -2.53. The second kappa shape index (κ2) is 10.9. The molecule has 0 N–H and O–H groups in total. The average Bonchev–Trinajstić information content (AvgIpc) is 3.31. The van der Waals surface area contributed by atoms with Gasteiger partial charge in [-0.2, -0.15) is 0 Å². The number of anilines is 1. The summed E-state index contributed by atoms with van der Waals surface area (Å²) in [5, 5.41) is 0. The molecule has 0 aliphatic carbocycles. The molecular formula is C28H29NO9S3. The van der Waals surface area contributed by atoms with Crippen molar-refractivity contribution in [3.8, 4) is 0 Å². The van der Waals surface area contributed by atoms with Crippen molar-refractivity contribution in [2.75, 3.05) is 33.3 Å². The lowest BCUT2D eigenvalue weighted by atomic mass is 9.81. The van der Waals surface area contributed by atoms with Gasteiger partial charge < -0.3 is 23.8 Å². The zero-order chi connectivity index (χ0) is 30.6. The molecule has 1 aromatic rings. The minimum atomic E-state index is -1.60. The van der Waals surface area contributed by atoms with Gasteiger partial charge in [-0.15, -0.1) is 0 Å². The zero-order valence-electron chi connectivity index (χ0n) is 24.0. The van der Waals surface area contributed by atoms with Crippen LogP contribution in [0.3, 0.4) is 0 Å². The van der Waals surface area contributed by atoms with Gasteiger partial charge in [-0.3, -0.25) is 4.79 Å². The van der Waals surface area contributed by atoms with Gasteiger partial charge in [0.2, 0.25) is 5.91 Å². The van der Waals surface area contributed by atoms with E-state index in [2.05, 4.69) is 0 Å². The largest absolute Gasteiger partial charge is 0.466 e. The Morgan fingerprint density at radius 3 is 1.71 bits per heavy atom. The summed E-state index contributed by atoms with van der Waals surface area (Å²) in [4.78, 5) is 68.2. The first kappa shape index (κ1) is 30.8. The number of nitrogens with zero attached hydrogens (tertiary/aromatic N) is 1. The maximum atomic E-state index is 13.6. The highest BCUT2D eigenvalue weighted by Gasteiger charge is 2.61. The molecule has 0 aromatic heterocycles. The molecule has 4 rings (SSSR count). The van der Waals surface area contributed by atoms with E-state index in [0.717, 1.165) is 46.4 Å². The van der Waals surface area contributed by atoms with Crippen molar-refractivity contribution in [3.63, 3.8) is 0 Å². The fourth-order valence-electron chi connectivity index (χ4n) is 5.36. The van der Waals surface area contributed by atoms with Crippen LogP contribution in [0.25, 0.3) is 5.57 Å². The zero-order valence-corrected chi connectivity index (χ0v) is 26.5. The summed E-state index contributed by atoms with van der Waals surface area (Å²) in [5.41, 5.74) is 2.32. The summed E-state index contributed by atoms with van der Waals surface area (Å²) in [6.07, 6.45) is 0. The third kappa shape index (κ3) is 4.58. The molecule has 0 atom stereocenters. The van der Waals surface area contributed by atoms with E-state index in [1.54, 1.807) is 4.90 Å². The van der Waals surface area contributed by atoms with E-state index in [0.29, 0.717) is 21.7 Å². The van der Waals surface area contributed by atoms with Crippen molar-refractivity contribution in [1.82, 2.24) is 0 Å². The van der Waals surface area contributed by atoms with E-state index < -0.39 is 33.5 Å². The van der Waals surface area contributed by atoms with Crippen LogP contribution in [0.15, 0.2) is 37.3 Å². The van der Waals surface area contributed by atoms with Gasteiger partial charge in [0.1, 0.15) is 18.8 Å². The number of ether oxygens (including phenoxy) is 4. The van der Waals surface area contributed by atoms with E-state index in [-0.39, 0.29) is 26.2 Å². The second-order valence-corrected chi connectivity index (χ2v) is 13.6. The fourth-order valence-corrected chi connectivity index (χ4v) is 10.4. The van der Waals surface area contributed by atoms with Crippen molar-refractivity contribution in [1.29, 1.82) is 0 Å². The van der Waals surface area contributed by atoms with Gasteiger partial charge in [0, 0.05) is 23.0 Å². The molecule has 3 aliphatic heterocycles. The van der Waals surface area contributed by atoms with E-state index in [4.69, 9.17) is 18.9 Å². The Bertz CT molecular complexity index is 1490. The number of hydrogen-bond acceptors (Lipinski definition) is 12. The molecule has 41 heavy (non-hydrogen) atoms. The van der Waals surface area contributed by atoms with Gasteiger partial charge in [-0.05, 0) is 39.3 Å². The molecule has 1 amide bonds. The molecular weight excluding hydrogens is 591 g/mol. The quantitative estimate of drug-likeness (QED) is 0.354. The topological polar surface area (TPSA) is 126 Å². The van der Waals surface area contributed by atoms with Gasteiger partial charge in [0.05, 0.1) is 45.2 Å². The van der Waals surface area contributed by atoms with Crippen LogP contribution in [-0.4, -0.2) is 67.8 Å². The van der Waals surface area contributed by atoms with Crippen LogP contribution in [-0.2, 0) is 42.9 Å². The highest BCUT2D eigenvalue weighted by atomic mass is 32.2. The molecule has 0 saturated heterocycles. The van der Waals surface area contributed by atoms with Gasteiger partial charge in [0.15, 0.2) is 0 Å². The van der Waals surface area contributed by atoms with Crippen LogP contribution < -0.4 is 4.90 Å². The van der Waals surface area contributed by atoms with E-state index in [1.165, 1.54) is 35.4 Å². The molecule has 0 radical (unpaired) electrons. The van der Waals surface area contributed by atoms with Crippen LogP contribution in [0.1, 0.15) is 37.5 Å². The van der Waals surface area contributed by atoms with Crippen LogP contribution >= 0.6 is 35.3 Å². The Balaban J connectivity index is 2.22. The van der Waals surface area contributed by atoms with Gasteiger partial charge in [-0.1, -0.05) is 46.9 Å². The van der Waals surface area contributed by atoms with E-state index >= 15 is 0 Å². The third-order valence-electron chi connectivity index (χ3n) is 6.88. The Morgan fingerprint density at radius 2 is 1.24 bits per heavy atom. The smallest absolute Gasteiger partial charge is 0.345 e. The van der Waals surface area contributed by atoms with E-state index in [9.17, 15) is 24.0 Å². The molecule has 3 aliphatic rings. The molecule has 0 fully saturated rings. The van der Waals surface area contributed by atoms with E-state index in [1.807, 2.05) is 39.8 Å². The number of carbonyl (C=O) groups excluding carboxylic acids is 5. The lowest BCUT2D eigenvalue weighted by molar-refractivity contribution is -0.138. The Morgan fingerprint density at radius 1 is 0.756 bits per heavy atom. The van der Waals surface area contributed by atoms with Crippen LogP contribution in [0.4, 0.5) is 5.69 Å². The SMILES string of the molecule is COC(=O)C1=C(C(=O)OC)SC2(S1)C(C(=O)OC)=C(C(=O)OC)SC1=C2c2cc(C)cc(C)c2N(C(C)=O)C1(C)C. The maximum absolute atomic E-state index is 13.6. The number of methoxy groups -OCH3 is 4. The number of hydrogen-bond donors (Lipinski definition) is 0. The predicted octanol–water partition coefficient (Wildman–Crippen LogP) is 4.24. The number of thioether (sulfide) groups is 3. The molecule has 10 nitrogen and oxygen atoms in total. The first-order valence-corrected chi connectivity index (χ1v) is 14.7. The van der Waals surface area contributed by atoms with Crippen molar-refractivity contribution >= 4 is 76.3 Å². The molecule has 1 spiro atoms. The maximum Gasteiger partial charge on any atom is 0.345 e. The monoisotopic (exact) mass is 619 g/mol. The lowest BCUT2D eigenvalue weighted by Gasteiger charge is -2.51. The highest BCUT2D eigenvalue weighted by molar-refractivity contribution is 8.26. The van der Waals surface area contributed by atoms with Crippen molar-refractivity contribution in [2.24, 2.45) is 0 Å². The van der Waals surface area contributed by atoms with Crippen LogP contribution in [0.2, 0.25) is 0 Å². The van der Waals surface area contributed by atoms with Crippen molar-refractivity contribution < 1.29 is 42.9 Å². The number of esters is 4. The number of amides is 1. The number of fused-ring (bicyclic) bond motifs is 3. The third-order valence-corrected chi connectivity index (χ3v) is 11.5. The summed E-state index contributed by atoms with van der Waals surface area (Å²) >= 11 is 2.81. The Kier molecular flexibility index (Phi) is 8.20. The average molecular weight is 620 g/mol. The molecule has 0 saturated carbocycles. The molecule has 0 unspecified atom stereocenters. The highest BCUT2D eigenvalue weighted by Crippen LogP contribution is 2.71. The molecule has 3 heterocycles. The van der Waals surface area contributed by atoms with Gasteiger partial charge in [0.25, 0.3) is 0 Å². The molecule has 218 valence electrons. The van der Waals surface area contributed by atoms with Crippen molar-refractivity contribution in [2.45, 2.75) is 44.2 Å². The number of benzene rings is 1. The summed E-state index contributed by atoms with van der Waals surface area (Å²) < 4.78 is 18.7. The van der Waals surface area contributed by atoms with Crippen LogP contribution in [0, 0.1) is 13.8 Å². The first-order valence-electron chi connectivity index (χ1n) is 12.3. The van der Waals surface area contributed by atoms with Gasteiger partial charge in [-0.25, -0.2) is 19.2 Å². The van der Waals surface area contributed by atoms with Crippen LogP contribution in [0.5, 0.6) is 0 Å². The minimum Gasteiger partial charge on any atom is -0.466 e. The number of aryl methyl sites for hydroxylation is 2. The molecule has 0 bridgehead atoms. The number of rotatable bonds is 4. The van der Waals surface area contributed by atoms with Gasteiger partial charge >= 0.3 is 23.9 Å². The fraction of sp³-hybridized carbons (Fsp3) is 0.393.